The predicted molar refractivity (Wildman–Crippen MR) is 140 cm³/mol. The van der Waals surface area contributed by atoms with Crippen LogP contribution < -0.4 is 5.73 Å². The molecule has 6 aromatic rings. The normalized spacial score (nSPS) is 10.6. The first-order valence-corrected chi connectivity index (χ1v) is 11.0. The number of hydrogen-bond donors (Lipinski definition) is 2. The number of aromatic nitrogens is 2. The zero-order valence-corrected chi connectivity index (χ0v) is 18.5. The number of para-hydroxylation sites is 1. The maximum atomic E-state index is 9.57. The Morgan fingerprint density at radius 3 is 2.12 bits per heavy atom. The number of hydrogen-bond acceptors (Lipinski definition) is 4. The summed E-state index contributed by atoms with van der Waals surface area (Å²) < 4.78 is 0. The summed E-state index contributed by atoms with van der Waals surface area (Å²) in [5.74, 6) is 0.244. The van der Waals surface area contributed by atoms with Gasteiger partial charge in [0, 0.05) is 33.8 Å². The van der Waals surface area contributed by atoms with Crippen LogP contribution in [0.2, 0.25) is 0 Å². The van der Waals surface area contributed by atoms with Crippen LogP contribution in [0, 0.1) is 0 Å². The van der Waals surface area contributed by atoms with E-state index < -0.39 is 0 Å². The number of pyridine rings is 2. The molecule has 0 bridgehead atoms. The van der Waals surface area contributed by atoms with Crippen LogP contribution in [0.3, 0.4) is 0 Å². The van der Waals surface area contributed by atoms with Crippen molar-refractivity contribution in [3.05, 3.63) is 121 Å². The fraction of sp³-hybridized carbons (Fsp3) is 0. The number of rotatable bonds is 2. The molecular weight excluding hydrogens is 418 g/mol. The molecule has 0 unspecified atom stereocenters. The summed E-state index contributed by atoms with van der Waals surface area (Å²) in [5, 5.41) is 11.7. The molecule has 4 heteroatoms. The first-order valence-electron chi connectivity index (χ1n) is 11.0. The monoisotopic (exact) mass is 441 g/mol. The van der Waals surface area contributed by atoms with E-state index in [0.29, 0.717) is 5.69 Å². The number of nitrogen functional groups attached to an aromatic ring is 1. The van der Waals surface area contributed by atoms with Crippen LogP contribution in [0.5, 0.6) is 5.75 Å². The number of phenolic OH excluding ortho intramolecular Hbond substituents is 1. The lowest BCUT2D eigenvalue weighted by Crippen LogP contribution is -1.94. The van der Waals surface area contributed by atoms with Gasteiger partial charge in [-0.2, -0.15) is 0 Å². The van der Waals surface area contributed by atoms with Crippen molar-refractivity contribution in [2.45, 2.75) is 0 Å². The summed E-state index contributed by atoms with van der Waals surface area (Å²) in [6.45, 7) is 0. The van der Waals surface area contributed by atoms with Gasteiger partial charge in [-0.15, -0.1) is 0 Å². The summed E-state index contributed by atoms with van der Waals surface area (Å²) in [7, 11) is 0. The molecule has 0 spiro atoms. The first kappa shape index (κ1) is 21.2. The highest BCUT2D eigenvalue weighted by molar-refractivity contribution is 5.97. The summed E-state index contributed by atoms with van der Waals surface area (Å²) >= 11 is 0. The van der Waals surface area contributed by atoms with Gasteiger partial charge in [-0.05, 0) is 48.0 Å². The number of fused-ring (bicyclic) bond motifs is 2. The minimum absolute atomic E-state index is 0.244. The molecular formula is C30H23N3O. The Bertz CT molecular complexity index is 1500. The fourth-order valence-corrected chi connectivity index (χ4v) is 3.91. The maximum absolute atomic E-state index is 9.57. The molecule has 6 rings (SSSR count). The van der Waals surface area contributed by atoms with Crippen molar-refractivity contribution >= 4 is 27.5 Å². The average Bonchev–Trinajstić information content (AvgIpc) is 2.90. The highest BCUT2D eigenvalue weighted by Gasteiger charge is 2.12. The van der Waals surface area contributed by atoms with Gasteiger partial charge in [-0.25, -0.2) is 4.98 Å². The van der Waals surface area contributed by atoms with Gasteiger partial charge in [-0.3, -0.25) is 4.98 Å². The zero-order chi connectivity index (χ0) is 23.3. The number of anilines is 1. The Morgan fingerprint density at radius 1 is 0.618 bits per heavy atom. The Labute approximate surface area is 198 Å². The molecule has 0 aliphatic carbocycles. The summed E-state index contributed by atoms with van der Waals surface area (Å²) in [5.41, 5.74) is 12.7. The second-order valence-corrected chi connectivity index (χ2v) is 7.91. The van der Waals surface area contributed by atoms with Gasteiger partial charge in [-0.1, -0.05) is 72.8 Å². The molecule has 4 aromatic carbocycles. The van der Waals surface area contributed by atoms with Crippen LogP contribution in [0.4, 0.5) is 5.69 Å². The molecule has 2 aromatic heterocycles. The number of phenols is 1. The Kier molecular flexibility index (Phi) is 5.87. The molecule has 0 fully saturated rings. The van der Waals surface area contributed by atoms with E-state index in [0.717, 1.165) is 38.8 Å². The zero-order valence-electron chi connectivity index (χ0n) is 18.5. The SMILES string of the molecule is Nc1cccc2nc(-c3ccccc3)c(-c3ccc(O)cc3)cc12.c1ccc2ncccc2c1. The lowest BCUT2D eigenvalue weighted by molar-refractivity contribution is 0.475. The van der Waals surface area contributed by atoms with Crippen molar-refractivity contribution in [2.75, 3.05) is 5.73 Å². The van der Waals surface area contributed by atoms with E-state index in [4.69, 9.17) is 10.7 Å². The second kappa shape index (κ2) is 9.43. The molecule has 164 valence electrons. The molecule has 0 aliphatic rings. The molecule has 0 radical (unpaired) electrons. The highest BCUT2D eigenvalue weighted by atomic mass is 16.3. The van der Waals surface area contributed by atoms with Crippen molar-refractivity contribution in [1.29, 1.82) is 0 Å². The lowest BCUT2D eigenvalue weighted by Gasteiger charge is -2.12. The molecule has 0 atom stereocenters. The topological polar surface area (TPSA) is 72.0 Å². The molecule has 0 amide bonds. The Morgan fingerprint density at radius 2 is 1.32 bits per heavy atom. The molecule has 0 aliphatic heterocycles. The van der Waals surface area contributed by atoms with E-state index in [1.165, 1.54) is 5.39 Å². The highest BCUT2D eigenvalue weighted by Crippen LogP contribution is 2.35. The lowest BCUT2D eigenvalue weighted by atomic mass is 9.97. The Balaban J connectivity index is 0.000000200. The number of nitrogens with two attached hydrogens (primary N) is 1. The smallest absolute Gasteiger partial charge is 0.115 e. The van der Waals surface area contributed by atoms with Crippen LogP contribution in [0.25, 0.3) is 44.2 Å². The van der Waals surface area contributed by atoms with E-state index in [-0.39, 0.29) is 5.75 Å². The van der Waals surface area contributed by atoms with Gasteiger partial charge < -0.3 is 10.8 Å². The molecule has 3 N–H and O–H groups in total. The second-order valence-electron chi connectivity index (χ2n) is 7.91. The summed E-state index contributed by atoms with van der Waals surface area (Å²) in [4.78, 5) is 9.04. The van der Waals surface area contributed by atoms with Crippen LogP contribution in [0.1, 0.15) is 0 Å². The molecule has 2 heterocycles. The third-order valence-corrected chi connectivity index (χ3v) is 5.63. The van der Waals surface area contributed by atoms with Gasteiger partial charge in [0.25, 0.3) is 0 Å². The standard InChI is InChI=1S/C21H16N2O.C9H7N/c22-19-7-4-8-20-18(19)13-17(14-9-11-16(24)12-10-14)21(23-20)15-5-2-1-3-6-15;1-2-6-9-8(4-1)5-3-7-10-9/h1-13,24H,22H2;1-7H. The van der Waals surface area contributed by atoms with Crippen molar-refractivity contribution in [1.82, 2.24) is 9.97 Å². The quantitative estimate of drug-likeness (QED) is 0.281. The van der Waals surface area contributed by atoms with E-state index in [9.17, 15) is 5.11 Å². The van der Waals surface area contributed by atoms with Gasteiger partial charge >= 0.3 is 0 Å². The van der Waals surface area contributed by atoms with Crippen LogP contribution in [-0.2, 0) is 0 Å². The van der Waals surface area contributed by atoms with Crippen LogP contribution in [-0.4, -0.2) is 15.1 Å². The number of aromatic hydroxyl groups is 1. The minimum atomic E-state index is 0.244. The third-order valence-electron chi connectivity index (χ3n) is 5.63. The van der Waals surface area contributed by atoms with E-state index in [1.807, 2.05) is 91.1 Å². The van der Waals surface area contributed by atoms with Gasteiger partial charge in [0.05, 0.1) is 16.7 Å². The number of nitrogens with zero attached hydrogens (tertiary/aromatic N) is 2. The first-order chi connectivity index (χ1) is 16.7. The maximum Gasteiger partial charge on any atom is 0.115 e. The average molecular weight is 442 g/mol. The van der Waals surface area contributed by atoms with E-state index >= 15 is 0 Å². The van der Waals surface area contributed by atoms with Gasteiger partial charge in [0.15, 0.2) is 0 Å². The van der Waals surface area contributed by atoms with Crippen molar-refractivity contribution in [3.63, 3.8) is 0 Å². The van der Waals surface area contributed by atoms with E-state index in [1.54, 1.807) is 12.1 Å². The summed E-state index contributed by atoms with van der Waals surface area (Å²) in [6.07, 6.45) is 1.81. The van der Waals surface area contributed by atoms with Crippen LogP contribution >= 0.6 is 0 Å². The summed E-state index contributed by atoms with van der Waals surface area (Å²) in [6, 6.07) is 37.2. The predicted octanol–water partition coefficient (Wildman–Crippen LogP) is 7.09. The van der Waals surface area contributed by atoms with Crippen LogP contribution in [0.15, 0.2) is 121 Å². The molecule has 0 saturated heterocycles. The van der Waals surface area contributed by atoms with Gasteiger partial charge in [0.1, 0.15) is 5.75 Å². The Hall–Kier alpha value is -4.70. The fourth-order valence-electron chi connectivity index (χ4n) is 3.91. The van der Waals surface area contributed by atoms with Crippen molar-refractivity contribution < 1.29 is 5.11 Å². The molecule has 0 saturated carbocycles. The van der Waals surface area contributed by atoms with Crippen molar-refractivity contribution in [2.24, 2.45) is 0 Å². The number of benzene rings is 4. The van der Waals surface area contributed by atoms with Crippen molar-refractivity contribution in [3.8, 4) is 28.1 Å². The largest absolute Gasteiger partial charge is 0.508 e. The minimum Gasteiger partial charge on any atom is -0.508 e. The van der Waals surface area contributed by atoms with E-state index in [2.05, 4.69) is 23.2 Å². The molecule has 4 nitrogen and oxygen atoms in total. The molecule has 34 heavy (non-hydrogen) atoms. The third kappa shape index (κ3) is 4.43. The van der Waals surface area contributed by atoms with Gasteiger partial charge in [0.2, 0.25) is 0 Å².